The molecular formula is C9H12N4O3. The molecule has 0 fully saturated rings. The largest absolute Gasteiger partial charge is 0.465 e. The zero-order valence-corrected chi connectivity index (χ0v) is 8.89. The maximum atomic E-state index is 11.3. The van der Waals surface area contributed by atoms with Gasteiger partial charge in [0.05, 0.1) is 18.7 Å². The van der Waals surface area contributed by atoms with Gasteiger partial charge in [-0.15, -0.1) is 0 Å². The number of carbonyl (C=O) groups excluding carboxylic acids is 2. The normalized spacial score (nSPS) is 8.44. The number of esters is 1. The highest BCUT2D eigenvalue weighted by molar-refractivity contribution is 5.81. The van der Waals surface area contributed by atoms with Gasteiger partial charge in [0.1, 0.15) is 19.6 Å². The number of nitrogens with zero attached hydrogens (tertiary/aromatic N) is 3. The molecule has 0 heterocycles. The molecule has 0 rings (SSSR count). The predicted molar refractivity (Wildman–Crippen MR) is 52.8 cm³/mol. The molecule has 7 heteroatoms. The van der Waals surface area contributed by atoms with Crippen LogP contribution in [-0.4, -0.2) is 43.1 Å². The van der Waals surface area contributed by atoms with Gasteiger partial charge in [0.15, 0.2) is 0 Å². The average Bonchev–Trinajstić information content (AvgIpc) is 2.26. The van der Waals surface area contributed by atoms with Crippen LogP contribution in [0.2, 0.25) is 0 Å². The standard InChI is InChI=1S/C9H12N4O3/c1-2-16-8(14)7-12-9(15)13(5-3-10)6-4-11/h2,5-7H2,1H3,(H,12,15). The number of amides is 2. The highest BCUT2D eigenvalue weighted by Gasteiger charge is 2.13. The lowest BCUT2D eigenvalue weighted by atomic mass is 10.5. The van der Waals surface area contributed by atoms with Crippen molar-refractivity contribution in [1.29, 1.82) is 10.5 Å². The average molecular weight is 224 g/mol. The second kappa shape index (κ2) is 8.06. The van der Waals surface area contributed by atoms with Gasteiger partial charge in [-0.1, -0.05) is 0 Å². The monoisotopic (exact) mass is 224 g/mol. The number of rotatable bonds is 5. The molecule has 0 aliphatic rings. The van der Waals surface area contributed by atoms with Crippen LogP contribution in [0, 0.1) is 22.7 Å². The van der Waals surface area contributed by atoms with Crippen LogP contribution in [0.5, 0.6) is 0 Å². The van der Waals surface area contributed by atoms with E-state index in [-0.39, 0.29) is 26.2 Å². The van der Waals surface area contributed by atoms with Crippen LogP contribution in [-0.2, 0) is 9.53 Å². The second-order valence-electron chi connectivity index (χ2n) is 2.64. The molecule has 0 aromatic heterocycles. The Labute approximate surface area is 93.2 Å². The first kappa shape index (κ1) is 13.7. The Kier molecular flexibility index (Phi) is 6.91. The van der Waals surface area contributed by atoms with E-state index < -0.39 is 12.0 Å². The Hall–Kier alpha value is -2.28. The molecule has 0 aliphatic heterocycles. The van der Waals surface area contributed by atoms with Gasteiger partial charge in [-0.2, -0.15) is 10.5 Å². The molecule has 7 nitrogen and oxygen atoms in total. The topological polar surface area (TPSA) is 106 Å². The highest BCUT2D eigenvalue weighted by Crippen LogP contribution is 1.88. The number of carbonyl (C=O) groups is 2. The van der Waals surface area contributed by atoms with E-state index in [1.54, 1.807) is 19.1 Å². The molecule has 2 amide bonds. The molecule has 0 atom stereocenters. The number of ether oxygens (including phenoxy) is 1. The van der Waals surface area contributed by atoms with Gasteiger partial charge >= 0.3 is 12.0 Å². The Bertz CT molecular complexity index is 313. The first-order chi connectivity index (χ1) is 7.65. The molecule has 0 unspecified atom stereocenters. The molecule has 16 heavy (non-hydrogen) atoms. The van der Waals surface area contributed by atoms with Crippen LogP contribution in [0.25, 0.3) is 0 Å². The van der Waals surface area contributed by atoms with Gasteiger partial charge in [-0.05, 0) is 6.92 Å². The van der Waals surface area contributed by atoms with Crippen molar-refractivity contribution < 1.29 is 14.3 Å². The fraction of sp³-hybridized carbons (Fsp3) is 0.556. The Morgan fingerprint density at radius 2 is 1.88 bits per heavy atom. The van der Waals surface area contributed by atoms with Gasteiger partial charge in [-0.3, -0.25) is 9.69 Å². The molecule has 0 radical (unpaired) electrons. The van der Waals surface area contributed by atoms with E-state index in [9.17, 15) is 9.59 Å². The molecule has 0 bridgehead atoms. The molecule has 1 N–H and O–H groups in total. The van der Waals surface area contributed by atoms with E-state index in [1.807, 2.05) is 0 Å². The lowest BCUT2D eigenvalue weighted by Gasteiger charge is -2.15. The van der Waals surface area contributed by atoms with E-state index in [0.717, 1.165) is 4.90 Å². The summed E-state index contributed by atoms with van der Waals surface area (Å²) in [6.45, 7) is 1.19. The predicted octanol–water partition coefficient (Wildman–Crippen LogP) is -0.392. The fourth-order valence-corrected chi connectivity index (χ4v) is 0.842. The first-order valence-electron chi connectivity index (χ1n) is 4.58. The Morgan fingerprint density at radius 3 is 2.31 bits per heavy atom. The van der Waals surface area contributed by atoms with Crippen molar-refractivity contribution >= 4 is 12.0 Å². The van der Waals surface area contributed by atoms with Crippen molar-refractivity contribution in [3.8, 4) is 12.1 Å². The number of urea groups is 1. The minimum atomic E-state index is -0.642. The van der Waals surface area contributed by atoms with Crippen molar-refractivity contribution in [2.75, 3.05) is 26.2 Å². The van der Waals surface area contributed by atoms with Crippen molar-refractivity contribution in [3.63, 3.8) is 0 Å². The number of nitriles is 2. The minimum Gasteiger partial charge on any atom is -0.465 e. The first-order valence-corrected chi connectivity index (χ1v) is 4.58. The van der Waals surface area contributed by atoms with E-state index in [2.05, 4.69) is 10.1 Å². The second-order valence-corrected chi connectivity index (χ2v) is 2.64. The molecule has 86 valence electrons. The van der Waals surface area contributed by atoms with Crippen LogP contribution in [0.1, 0.15) is 6.92 Å². The summed E-state index contributed by atoms with van der Waals surface area (Å²) in [4.78, 5) is 23.2. The summed E-state index contributed by atoms with van der Waals surface area (Å²) in [5.41, 5.74) is 0. The van der Waals surface area contributed by atoms with Gasteiger partial charge in [-0.25, -0.2) is 4.79 Å². The van der Waals surface area contributed by atoms with Gasteiger partial charge in [0.25, 0.3) is 0 Å². The van der Waals surface area contributed by atoms with Crippen LogP contribution < -0.4 is 5.32 Å². The summed E-state index contributed by atoms with van der Waals surface area (Å²) in [5.74, 6) is -0.565. The Morgan fingerprint density at radius 1 is 1.31 bits per heavy atom. The van der Waals surface area contributed by atoms with Gasteiger partial charge in [0, 0.05) is 0 Å². The third kappa shape index (κ3) is 5.45. The number of nitrogens with one attached hydrogen (secondary N) is 1. The third-order valence-corrected chi connectivity index (χ3v) is 1.50. The summed E-state index contributed by atoms with van der Waals surface area (Å²) in [5, 5.41) is 19.0. The van der Waals surface area contributed by atoms with Crippen molar-refractivity contribution in [2.24, 2.45) is 0 Å². The minimum absolute atomic E-state index is 0.206. The van der Waals surface area contributed by atoms with Gasteiger partial charge < -0.3 is 10.1 Å². The molecule has 0 aromatic rings. The van der Waals surface area contributed by atoms with Crippen LogP contribution in [0.3, 0.4) is 0 Å². The van der Waals surface area contributed by atoms with Crippen LogP contribution >= 0.6 is 0 Å². The zero-order chi connectivity index (χ0) is 12.4. The third-order valence-electron chi connectivity index (χ3n) is 1.50. The number of hydrogen-bond donors (Lipinski definition) is 1. The van der Waals surface area contributed by atoms with E-state index in [1.165, 1.54) is 0 Å². The van der Waals surface area contributed by atoms with Crippen molar-refractivity contribution in [2.45, 2.75) is 6.92 Å². The summed E-state index contributed by atoms with van der Waals surface area (Å²) in [6, 6.07) is 2.85. The van der Waals surface area contributed by atoms with E-state index in [0.29, 0.717) is 0 Å². The Balaban J connectivity index is 4.07. The summed E-state index contributed by atoms with van der Waals surface area (Å²) < 4.78 is 4.59. The number of hydrogen-bond acceptors (Lipinski definition) is 5. The molecule has 0 spiro atoms. The van der Waals surface area contributed by atoms with Crippen molar-refractivity contribution in [3.05, 3.63) is 0 Å². The molecular weight excluding hydrogens is 212 g/mol. The lowest BCUT2D eigenvalue weighted by Crippen LogP contribution is -2.42. The summed E-state index contributed by atoms with van der Waals surface area (Å²) in [7, 11) is 0. The maximum absolute atomic E-state index is 11.3. The fourth-order valence-electron chi connectivity index (χ4n) is 0.842. The van der Waals surface area contributed by atoms with Crippen LogP contribution in [0.15, 0.2) is 0 Å². The van der Waals surface area contributed by atoms with E-state index in [4.69, 9.17) is 10.5 Å². The molecule has 0 saturated carbocycles. The maximum Gasteiger partial charge on any atom is 0.325 e. The molecule has 0 saturated heterocycles. The quantitative estimate of drug-likeness (QED) is 0.505. The zero-order valence-electron chi connectivity index (χ0n) is 8.89. The highest BCUT2D eigenvalue weighted by atomic mass is 16.5. The molecule has 0 aromatic carbocycles. The smallest absolute Gasteiger partial charge is 0.325 e. The molecule has 0 aliphatic carbocycles. The van der Waals surface area contributed by atoms with E-state index >= 15 is 0 Å². The van der Waals surface area contributed by atoms with Crippen LogP contribution in [0.4, 0.5) is 4.79 Å². The van der Waals surface area contributed by atoms with Gasteiger partial charge in [0.2, 0.25) is 0 Å². The SMILES string of the molecule is CCOC(=O)CNC(=O)N(CC#N)CC#N. The van der Waals surface area contributed by atoms with Crippen molar-refractivity contribution in [1.82, 2.24) is 10.2 Å². The summed E-state index contributed by atoms with van der Waals surface area (Å²) in [6.07, 6.45) is 0. The lowest BCUT2D eigenvalue weighted by molar-refractivity contribution is -0.141. The summed E-state index contributed by atoms with van der Waals surface area (Å²) >= 11 is 0.